The number of carbonyl (C=O) groups excluding carboxylic acids is 1. The first-order chi connectivity index (χ1) is 5.45. The summed E-state index contributed by atoms with van der Waals surface area (Å²) in [6.07, 6.45) is 0. The molecule has 0 aromatic rings. The summed E-state index contributed by atoms with van der Waals surface area (Å²) in [5.74, 6) is -0.631. The molecule has 0 amide bonds. The molecular formula is C5H12N2O4S. The van der Waals surface area contributed by atoms with Gasteiger partial charge in [-0.05, 0) is 0 Å². The number of carbonyl (C=O) groups is 1. The standard InChI is InChI=1S/C5H12N2O4S/c1-11-5(8)4-7-2-3-12(6,9)10/h7H,2-4H2,1H3,(H2,6,9,10). The summed E-state index contributed by atoms with van der Waals surface area (Å²) < 4.78 is 25.0. The van der Waals surface area contributed by atoms with Gasteiger partial charge in [-0.2, -0.15) is 0 Å². The average molecular weight is 196 g/mol. The van der Waals surface area contributed by atoms with Crippen LogP contribution < -0.4 is 10.5 Å². The monoisotopic (exact) mass is 196 g/mol. The van der Waals surface area contributed by atoms with E-state index in [0.717, 1.165) is 0 Å². The van der Waals surface area contributed by atoms with Crippen molar-refractivity contribution in [2.24, 2.45) is 5.14 Å². The molecule has 0 heterocycles. The van der Waals surface area contributed by atoms with Crippen molar-refractivity contribution in [1.29, 1.82) is 0 Å². The lowest BCUT2D eigenvalue weighted by Gasteiger charge is -2.01. The molecule has 12 heavy (non-hydrogen) atoms. The minimum atomic E-state index is -3.44. The first-order valence-electron chi connectivity index (χ1n) is 3.23. The van der Waals surface area contributed by atoms with Crippen molar-refractivity contribution >= 4 is 16.0 Å². The summed E-state index contributed by atoms with van der Waals surface area (Å²) >= 11 is 0. The lowest BCUT2D eigenvalue weighted by molar-refractivity contribution is -0.139. The van der Waals surface area contributed by atoms with Gasteiger partial charge < -0.3 is 10.1 Å². The third-order valence-corrected chi connectivity index (χ3v) is 1.83. The Balaban J connectivity index is 3.40. The van der Waals surface area contributed by atoms with Crippen LogP contribution in [0.2, 0.25) is 0 Å². The largest absolute Gasteiger partial charge is 0.468 e. The number of methoxy groups -OCH3 is 1. The van der Waals surface area contributed by atoms with Crippen molar-refractivity contribution in [3.05, 3.63) is 0 Å². The van der Waals surface area contributed by atoms with E-state index in [-0.39, 0.29) is 18.8 Å². The Morgan fingerprint density at radius 3 is 2.58 bits per heavy atom. The van der Waals surface area contributed by atoms with E-state index >= 15 is 0 Å². The lowest BCUT2D eigenvalue weighted by atomic mass is 10.6. The molecule has 0 aromatic carbocycles. The molecule has 0 saturated heterocycles. The molecule has 0 rings (SSSR count). The normalized spacial score (nSPS) is 11.2. The van der Waals surface area contributed by atoms with Crippen molar-refractivity contribution in [2.45, 2.75) is 0 Å². The van der Waals surface area contributed by atoms with Crippen LogP contribution in [0.15, 0.2) is 0 Å². The molecule has 0 aliphatic rings. The Morgan fingerprint density at radius 2 is 2.17 bits per heavy atom. The van der Waals surface area contributed by atoms with E-state index in [4.69, 9.17) is 5.14 Å². The maximum atomic E-state index is 10.5. The Labute approximate surface area is 71.1 Å². The van der Waals surface area contributed by atoms with Crippen LogP contribution in [0.25, 0.3) is 0 Å². The van der Waals surface area contributed by atoms with Gasteiger partial charge in [0.05, 0.1) is 19.4 Å². The number of ether oxygens (including phenoxy) is 1. The van der Waals surface area contributed by atoms with E-state index in [1.807, 2.05) is 0 Å². The van der Waals surface area contributed by atoms with E-state index < -0.39 is 16.0 Å². The van der Waals surface area contributed by atoms with Crippen LogP contribution in [0.4, 0.5) is 0 Å². The van der Waals surface area contributed by atoms with Crippen LogP contribution >= 0.6 is 0 Å². The predicted octanol–water partition coefficient (Wildman–Crippen LogP) is -1.96. The molecular weight excluding hydrogens is 184 g/mol. The Kier molecular flexibility index (Phi) is 4.79. The second-order valence-electron chi connectivity index (χ2n) is 2.12. The van der Waals surface area contributed by atoms with Crippen molar-refractivity contribution < 1.29 is 17.9 Å². The van der Waals surface area contributed by atoms with Gasteiger partial charge in [0.15, 0.2) is 0 Å². The molecule has 0 fully saturated rings. The number of rotatable bonds is 5. The maximum Gasteiger partial charge on any atom is 0.319 e. The van der Waals surface area contributed by atoms with E-state index in [2.05, 4.69) is 10.1 Å². The average Bonchev–Trinajstić information content (AvgIpc) is 1.96. The molecule has 0 unspecified atom stereocenters. The molecule has 0 atom stereocenters. The Bertz CT molecular complexity index is 236. The summed E-state index contributed by atoms with van der Waals surface area (Å²) in [6.45, 7) is 0.139. The first-order valence-corrected chi connectivity index (χ1v) is 4.95. The van der Waals surface area contributed by atoms with Crippen LogP contribution in [0.5, 0.6) is 0 Å². The van der Waals surface area contributed by atoms with Gasteiger partial charge >= 0.3 is 5.97 Å². The summed E-state index contributed by atoms with van der Waals surface area (Å²) in [5, 5.41) is 7.26. The van der Waals surface area contributed by atoms with E-state index in [9.17, 15) is 13.2 Å². The second-order valence-corrected chi connectivity index (χ2v) is 3.85. The van der Waals surface area contributed by atoms with E-state index in [0.29, 0.717) is 0 Å². The topological polar surface area (TPSA) is 98.5 Å². The molecule has 3 N–H and O–H groups in total. The molecule has 0 saturated carbocycles. The van der Waals surface area contributed by atoms with E-state index in [1.165, 1.54) is 7.11 Å². The fourth-order valence-electron chi connectivity index (χ4n) is 0.477. The fourth-order valence-corrected chi connectivity index (χ4v) is 0.906. The molecule has 0 aliphatic heterocycles. The highest BCUT2D eigenvalue weighted by Crippen LogP contribution is 1.75. The molecule has 7 heteroatoms. The quantitative estimate of drug-likeness (QED) is 0.393. The van der Waals surface area contributed by atoms with Crippen LogP contribution in [-0.2, 0) is 19.6 Å². The highest BCUT2D eigenvalue weighted by Gasteiger charge is 2.03. The summed E-state index contributed by atoms with van der Waals surface area (Å²) in [7, 11) is -2.19. The van der Waals surface area contributed by atoms with Crippen molar-refractivity contribution in [2.75, 3.05) is 26.0 Å². The van der Waals surface area contributed by atoms with Crippen molar-refractivity contribution in [3.63, 3.8) is 0 Å². The number of primary sulfonamides is 1. The van der Waals surface area contributed by atoms with E-state index in [1.54, 1.807) is 0 Å². The zero-order valence-electron chi connectivity index (χ0n) is 6.74. The SMILES string of the molecule is COC(=O)CNCCS(N)(=O)=O. The van der Waals surface area contributed by atoms with Gasteiger partial charge in [0.2, 0.25) is 10.0 Å². The Hall–Kier alpha value is -0.660. The maximum absolute atomic E-state index is 10.5. The molecule has 72 valence electrons. The third-order valence-electron chi connectivity index (χ3n) is 1.06. The van der Waals surface area contributed by atoms with Gasteiger partial charge in [-0.25, -0.2) is 13.6 Å². The minimum absolute atomic E-state index is 0.00792. The lowest BCUT2D eigenvalue weighted by Crippen LogP contribution is -2.31. The van der Waals surface area contributed by atoms with Gasteiger partial charge in [0, 0.05) is 6.54 Å². The number of esters is 1. The molecule has 0 spiro atoms. The number of hydrogen-bond donors (Lipinski definition) is 2. The molecule has 0 bridgehead atoms. The zero-order valence-corrected chi connectivity index (χ0v) is 7.56. The van der Waals surface area contributed by atoms with Crippen molar-refractivity contribution in [1.82, 2.24) is 5.32 Å². The van der Waals surface area contributed by atoms with Crippen LogP contribution in [0, 0.1) is 0 Å². The number of sulfonamides is 1. The van der Waals surface area contributed by atoms with Crippen LogP contribution in [-0.4, -0.2) is 40.3 Å². The zero-order chi connectivity index (χ0) is 9.61. The van der Waals surface area contributed by atoms with Crippen LogP contribution in [0.3, 0.4) is 0 Å². The molecule has 6 nitrogen and oxygen atoms in total. The Morgan fingerprint density at radius 1 is 1.58 bits per heavy atom. The highest BCUT2D eigenvalue weighted by atomic mass is 32.2. The summed E-state index contributed by atoms with van der Waals surface area (Å²) in [4.78, 5) is 10.5. The van der Waals surface area contributed by atoms with Gasteiger partial charge in [-0.15, -0.1) is 0 Å². The van der Waals surface area contributed by atoms with Gasteiger partial charge in [0.25, 0.3) is 0 Å². The van der Waals surface area contributed by atoms with Crippen molar-refractivity contribution in [3.8, 4) is 0 Å². The molecule has 0 aliphatic carbocycles. The summed E-state index contributed by atoms with van der Waals surface area (Å²) in [5.41, 5.74) is 0. The third kappa shape index (κ3) is 7.45. The number of nitrogens with two attached hydrogens (primary N) is 1. The smallest absolute Gasteiger partial charge is 0.319 e. The number of hydrogen-bond acceptors (Lipinski definition) is 5. The molecule has 0 radical (unpaired) electrons. The predicted molar refractivity (Wildman–Crippen MR) is 42.9 cm³/mol. The minimum Gasteiger partial charge on any atom is -0.468 e. The summed E-state index contributed by atoms with van der Waals surface area (Å²) in [6, 6.07) is 0. The van der Waals surface area contributed by atoms with Crippen LogP contribution in [0.1, 0.15) is 0 Å². The molecule has 0 aromatic heterocycles. The van der Waals surface area contributed by atoms with Gasteiger partial charge in [-0.1, -0.05) is 0 Å². The first kappa shape index (κ1) is 11.3. The van der Waals surface area contributed by atoms with Gasteiger partial charge in [0.1, 0.15) is 0 Å². The van der Waals surface area contributed by atoms with Gasteiger partial charge in [-0.3, -0.25) is 4.79 Å². The number of nitrogens with one attached hydrogen (secondary N) is 1. The second kappa shape index (κ2) is 5.07. The fraction of sp³-hybridized carbons (Fsp3) is 0.800. The highest BCUT2D eigenvalue weighted by molar-refractivity contribution is 7.89.